The number of pyridine rings is 1. The summed E-state index contributed by atoms with van der Waals surface area (Å²) in [5.41, 5.74) is 3.19. The van der Waals surface area contributed by atoms with Crippen molar-refractivity contribution in [1.29, 1.82) is 0 Å². The van der Waals surface area contributed by atoms with Gasteiger partial charge in [-0.25, -0.2) is 18.2 Å². The molecule has 1 N–H and O–H groups in total. The highest BCUT2D eigenvalue weighted by atomic mass is 32.2. The topological polar surface area (TPSA) is 103 Å². The number of esters is 1. The number of nitrogens with one attached hydrogen (secondary N) is 1. The number of aryl methyl sites for hydroxylation is 3. The molecule has 33 heavy (non-hydrogen) atoms. The van der Waals surface area contributed by atoms with Crippen LogP contribution in [0.3, 0.4) is 0 Å². The van der Waals surface area contributed by atoms with Gasteiger partial charge in [0.05, 0.1) is 23.2 Å². The molecule has 0 aliphatic carbocycles. The first-order valence-electron chi connectivity index (χ1n) is 10.4. The highest BCUT2D eigenvalue weighted by Crippen LogP contribution is 2.27. The standard InChI is InChI=1S/C24H24N4O4S/c1-5-32-24(29)19-14-25-28(22-13-16(3)18-8-6-7-9-20(18)26-22)23(19)27-33(30,31)21-11-10-15(2)12-17(21)4/h6-14,27H,5H2,1-4H3. The molecule has 170 valence electrons. The van der Waals surface area contributed by atoms with Gasteiger partial charge in [-0.15, -0.1) is 0 Å². The Labute approximate surface area is 192 Å². The molecule has 0 aliphatic rings. The Morgan fingerprint density at radius 3 is 2.55 bits per heavy atom. The monoisotopic (exact) mass is 464 g/mol. The van der Waals surface area contributed by atoms with Crippen LogP contribution in [0, 0.1) is 20.8 Å². The number of carbonyl (C=O) groups is 1. The summed E-state index contributed by atoms with van der Waals surface area (Å²) in [5, 5.41) is 5.25. The molecule has 4 aromatic rings. The Bertz CT molecular complexity index is 1480. The second kappa shape index (κ2) is 8.67. The van der Waals surface area contributed by atoms with E-state index in [2.05, 4.69) is 14.8 Å². The van der Waals surface area contributed by atoms with Crippen LogP contribution in [0.25, 0.3) is 16.7 Å². The summed E-state index contributed by atoms with van der Waals surface area (Å²) in [5.74, 6) is -0.338. The highest BCUT2D eigenvalue weighted by Gasteiger charge is 2.26. The van der Waals surface area contributed by atoms with Gasteiger partial charge in [0, 0.05) is 5.39 Å². The van der Waals surface area contributed by atoms with Crippen molar-refractivity contribution in [2.45, 2.75) is 32.6 Å². The Kier molecular flexibility index (Phi) is 5.90. The second-order valence-electron chi connectivity index (χ2n) is 7.73. The molecular weight excluding hydrogens is 440 g/mol. The molecule has 0 unspecified atom stereocenters. The van der Waals surface area contributed by atoms with Gasteiger partial charge in [-0.2, -0.15) is 9.78 Å². The van der Waals surface area contributed by atoms with E-state index in [4.69, 9.17) is 4.74 Å². The summed E-state index contributed by atoms with van der Waals surface area (Å²) in [4.78, 5) is 17.3. The van der Waals surface area contributed by atoms with Crippen molar-refractivity contribution in [2.75, 3.05) is 11.3 Å². The van der Waals surface area contributed by atoms with Crippen LogP contribution >= 0.6 is 0 Å². The zero-order chi connectivity index (χ0) is 23.8. The van der Waals surface area contributed by atoms with Crippen molar-refractivity contribution in [3.8, 4) is 5.82 Å². The average molecular weight is 465 g/mol. The summed E-state index contributed by atoms with van der Waals surface area (Å²) in [6.07, 6.45) is 1.28. The fraction of sp³-hybridized carbons (Fsp3) is 0.208. The zero-order valence-electron chi connectivity index (χ0n) is 18.8. The van der Waals surface area contributed by atoms with E-state index in [-0.39, 0.29) is 22.9 Å². The van der Waals surface area contributed by atoms with Gasteiger partial charge in [-0.05, 0) is 57.0 Å². The van der Waals surface area contributed by atoms with E-state index >= 15 is 0 Å². The number of hydrogen-bond acceptors (Lipinski definition) is 6. The minimum absolute atomic E-state index is 0.00204. The number of ether oxygens (including phenoxy) is 1. The summed E-state index contributed by atoms with van der Waals surface area (Å²) < 4.78 is 35.6. The van der Waals surface area contributed by atoms with Crippen LogP contribution in [0.4, 0.5) is 5.82 Å². The van der Waals surface area contributed by atoms with Crippen LogP contribution in [-0.2, 0) is 14.8 Å². The third kappa shape index (κ3) is 4.31. The molecule has 0 atom stereocenters. The SMILES string of the molecule is CCOC(=O)c1cnn(-c2cc(C)c3ccccc3n2)c1NS(=O)(=O)c1ccc(C)cc1C. The molecule has 2 heterocycles. The fourth-order valence-electron chi connectivity index (χ4n) is 3.70. The normalized spacial score (nSPS) is 11.5. The number of hydrogen-bond donors (Lipinski definition) is 1. The molecule has 0 amide bonds. The minimum Gasteiger partial charge on any atom is -0.462 e. The zero-order valence-corrected chi connectivity index (χ0v) is 19.6. The van der Waals surface area contributed by atoms with Crippen LogP contribution in [-0.4, -0.2) is 35.8 Å². The van der Waals surface area contributed by atoms with Gasteiger partial charge < -0.3 is 4.74 Å². The molecule has 0 saturated carbocycles. The van der Waals surface area contributed by atoms with Gasteiger partial charge in [0.25, 0.3) is 10.0 Å². The van der Waals surface area contributed by atoms with Crippen molar-refractivity contribution < 1.29 is 17.9 Å². The number of rotatable bonds is 6. The number of benzene rings is 2. The molecule has 0 radical (unpaired) electrons. The molecular formula is C24H24N4O4S. The van der Waals surface area contributed by atoms with E-state index < -0.39 is 16.0 Å². The highest BCUT2D eigenvalue weighted by molar-refractivity contribution is 7.92. The van der Waals surface area contributed by atoms with Crippen LogP contribution < -0.4 is 4.72 Å². The number of aromatic nitrogens is 3. The maximum Gasteiger partial charge on any atom is 0.343 e. The largest absolute Gasteiger partial charge is 0.462 e. The van der Waals surface area contributed by atoms with E-state index in [0.717, 1.165) is 22.0 Å². The summed E-state index contributed by atoms with van der Waals surface area (Å²) in [6.45, 7) is 7.36. The van der Waals surface area contributed by atoms with E-state index in [0.29, 0.717) is 11.4 Å². The van der Waals surface area contributed by atoms with Gasteiger partial charge in [0.2, 0.25) is 0 Å². The second-order valence-corrected chi connectivity index (χ2v) is 9.38. The third-order valence-corrected chi connectivity index (χ3v) is 6.74. The fourth-order valence-corrected chi connectivity index (χ4v) is 4.99. The van der Waals surface area contributed by atoms with Crippen molar-refractivity contribution in [1.82, 2.24) is 14.8 Å². The smallest absolute Gasteiger partial charge is 0.343 e. The summed E-state index contributed by atoms with van der Waals surface area (Å²) >= 11 is 0. The van der Waals surface area contributed by atoms with Crippen LogP contribution in [0.1, 0.15) is 34.0 Å². The first-order valence-corrected chi connectivity index (χ1v) is 11.9. The van der Waals surface area contributed by atoms with Crippen molar-refractivity contribution in [2.24, 2.45) is 0 Å². The lowest BCUT2D eigenvalue weighted by Gasteiger charge is -2.14. The van der Waals surface area contributed by atoms with Crippen molar-refractivity contribution >= 4 is 32.7 Å². The average Bonchev–Trinajstić information content (AvgIpc) is 3.16. The molecule has 4 rings (SSSR count). The lowest BCUT2D eigenvalue weighted by atomic mass is 10.1. The van der Waals surface area contributed by atoms with Gasteiger partial charge in [0.15, 0.2) is 11.6 Å². The number of anilines is 1. The molecule has 0 aliphatic heterocycles. The van der Waals surface area contributed by atoms with E-state index in [1.165, 1.54) is 16.9 Å². The Morgan fingerprint density at radius 2 is 1.82 bits per heavy atom. The van der Waals surface area contributed by atoms with E-state index in [9.17, 15) is 13.2 Å². The van der Waals surface area contributed by atoms with Crippen LogP contribution in [0.5, 0.6) is 0 Å². The maximum atomic E-state index is 13.3. The number of sulfonamides is 1. The number of para-hydroxylation sites is 1. The van der Waals surface area contributed by atoms with E-state index in [1.807, 2.05) is 38.1 Å². The minimum atomic E-state index is -4.03. The Balaban J connectivity index is 1.88. The van der Waals surface area contributed by atoms with Gasteiger partial charge in [-0.1, -0.05) is 35.9 Å². The Hall–Kier alpha value is -3.72. The predicted molar refractivity (Wildman–Crippen MR) is 126 cm³/mol. The van der Waals surface area contributed by atoms with Crippen LogP contribution in [0.2, 0.25) is 0 Å². The lowest BCUT2D eigenvalue weighted by Crippen LogP contribution is -2.19. The van der Waals surface area contributed by atoms with Crippen molar-refractivity contribution in [3.63, 3.8) is 0 Å². The molecule has 2 aromatic heterocycles. The van der Waals surface area contributed by atoms with Gasteiger partial charge >= 0.3 is 5.97 Å². The predicted octanol–water partition coefficient (Wildman–Crippen LogP) is 4.32. The molecule has 9 heteroatoms. The molecule has 8 nitrogen and oxygen atoms in total. The number of nitrogens with zero attached hydrogens (tertiary/aromatic N) is 3. The Morgan fingerprint density at radius 1 is 1.06 bits per heavy atom. The summed E-state index contributed by atoms with van der Waals surface area (Å²) in [6, 6.07) is 14.4. The van der Waals surface area contributed by atoms with Gasteiger partial charge in [-0.3, -0.25) is 4.72 Å². The molecule has 0 fully saturated rings. The third-order valence-electron chi connectivity index (χ3n) is 5.24. The first kappa shape index (κ1) is 22.5. The summed E-state index contributed by atoms with van der Waals surface area (Å²) in [7, 11) is -4.03. The van der Waals surface area contributed by atoms with E-state index in [1.54, 1.807) is 32.0 Å². The van der Waals surface area contributed by atoms with Gasteiger partial charge in [0.1, 0.15) is 5.56 Å². The maximum absolute atomic E-state index is 13.3. The molecule has 2 aromatic carbocycles. The van der Waals surface area contributed by atoms with Crippen LogP contribution in [0.15, 0.2) is 59.6 Å². The molecule has 0 saturated heterocycles. The van der Waals surface area contributed by atoms with Crippen molar-refractivity contribution in [3.05, 3.63) is 77.0 Å². The quantitative estimate of drug-likeness (QED) is 0.426. The lowest BCUT2D eigenvalue weighted by molar-refractivity contribution is 0.0527. The number of fused-ring (bicyclic) bond motifs is 1. The molecule has 0 bridgehead atoms. The number of carbonyl (C=O) groups excluding carboxylic acids is 1. The molecule has 0 spiro atoms. The first-order chi connectivity index (χ1) is 15.7.